The van der Waals surface area contributed by atoms with Crippen molar-refractivity contribution in [3.8, 4) is 0 Å². The van der Waals surface area contributed by atoms with Crippen LogP contribution in [0.4, 0.5) is 0 Å². The van der Waals surface area contributed by atoms with E-state index in [0.29, 0.717) is 31.2 Å². The van der Waals surface area contributed by atoms with Gasteiger partial charge in [0, 0.05) is 31.1 Å². The predicted molar refractivity (Wildman–Crippen MR) is 108 cm³/mol. The van der Waals surface area contributed by atoms with Crippen LogP contribution in [0, 0.1) is 0 Å². The molecule has 1 heterocycles. The van der Waals surface area contributed by atoms with E-state index in [9.17, 15) is 4.79 Å². The highest BCUT2D eigenvalue weighted by atomic mass is 35.5. The molecule has 6 heteroatoms. The fourth-order valence-electron chi connectivity index (χ4n) is 3.06. The van der Waals surface area contributed by atoms with E-state index < -0.39 is 0 Å². The lowest BCUT2D eigenvalue weighted by molar-refractivity contribution is -0.120. The summed E-state index contributed by atoms with van der Waals surface area (Å²) in [7, 11) is 0. The van der Waals surface area contributed by atoms with E-state index in [1.807, 2.05) is 43.3 Å². The third-order valence-electron chi connectivity index (χ3n) is 4.38. The van der Waals surface area contributed by atoms with Crippen LogP contribution in [0.1, 0.15) is 18.3 Å². The number of imidazole rings is 1. The smallest absolute Gasteiger partial charge is 0.224 e. The average molecular weight is 386 g/mol. The lowest BCUT2D eigenvalue weighted by Crippen LogP contribution is -2.28. The zero-order valence-corrected chi connectivity index (χ0v) is 16.2. The summed E-state index contributed by atoms with van der Waals surface area (Å²) in [6.45, 7) is 4.60. The van der Waals surface area contributed by atoms with Crippen molar-refractivity contribution in [3.63, 3.8) is 0 Å². The summed E-state index contributed by atoms with van der Waals surface area (Å²) in [6, 6.07) is 15.5. The van der Waals surface area contributed by atoms with Crippen molar-refractivity contribution < 1.29 is 9.53 Å². The number of amides is 1. The van der Waals surface area contributed by atoms with E-state index in [-0.39, 0.29) is 12.3 Å². The molecule has 0 bridgehead atoms. The number of nitrogens with one attached hydrogen (secondary N) is 1. The lowest BCUT2D eigenvalue weighted by Gasteiger charge is -2.10. The molecule has 3 rings (SSSR count). The number of carbonyl (C=O) groups excluding carboxylic acids is 1. The number of fused-ring (bicyclic) bond motifs is 1. The molecule has 0 atom stereocenters. The van der Waals surface area contributed by atoms with Crippen LogP contribution in [0.15, 0.2) is 48.5 Å². The molecule has 0 saturated heterocycles. The fraction of sp³-hybridized carbons (Fsp3) is 0.333. The summed E-state index contributed by atoms with van der Waals surface area (Å²) < 4.78 is 7.67. The topological polar surface area (TPSA) is 56.1 Å². The Morgan fingerprint density at radius 1 is 1.19 bits per heavy atom. The minimum atomic E-state index is -0.0416. The van der Waals surface area contributed by atoms with Crippen molar-refractivity contribution >= 4 is 28.5 Å². The highest BCUT2D eigenvalue weighted by molar-refractivity contribution is 6.31. The second kappa shape index (κ2) is 9.53. The lowest BCUT2D eigenvalue weighted by atomic mass is 10.1. The molecule has 0 radical (unpaired) electrons. The summed E-state index contributed by atoms with van der Waals surface area (Å²) in [5.41, 5.74) is 2.89. The Kier molecular flexibility index (Phi) is 6.85. The molecule has 5 nitrogen and oxygen atoms in total. The van der Waals surface area contributed by atoms with Crippen molar-refractivity contribution in [3.05, 3.63) is 64.9 Å². The van der Waals surface area contributed by atoms with Gasteiger partial charge in [-0.05, 0) is 30.7 Å². The Balaban J connectivity index is 1.61. The number of para-hydroxylation sites is 2. The number of halogens is 1. The number of benzene rings is 2. The minimum absolute atomic E-state index is 0.0416. The first-order valence-electron chi connectivity index (χ1n) is 9.21. The second-order valence-electron chi connectivity index (χ2n) is 6.23. The van der Waals surface area contributed by atoms with Crippen molar-refractivity contribution in [2.24, 2.45) is 0 Å². The van der Waals surface area contributed by atoms with Crippen LogP contribution in [0.25, 0.3) is 11.0 Å². The zero-order valence-electron chi connectivity index (χ0n) is 15.5. The van der Waals surface area contributed by atoms with Crippen LogP contribution < -0.4 is 5.32 Å². The van der Waals surface area contributed by atoms with Gasteiger partial charge in [0.15, 0.2) is 0 Å². The van der Waals surface area contributed by atoms with Gasteiger partial charge >= 0.3 is 0 Å². The molecule has 1 aromatic heterocycles. The summed E-state index contributed by atoms with van der Waals surface area (Å²) in [5.74, 6) is 0.911. The fourth-order valence-corrected chi connectivity index (χ4v) is 3.26. The molecule has 27 heavy (non-hydrogen) atoms. The van der Waals surface area contributed by atoms with Crippen molar-refractivity contribution in [2.75, 3.05) is 19.8 Å². The predicted octanol–water partition coefficient (Wildman–Crippen LogP) is 3.63. The van der Waals surface area contributed by atoms with Crippen LogP contribution in [0.3, 0.4) is 0 Å². The second-order valence-corrected chi connectivity index (χ2v) is 6.64. The molecule has 0 aliphatic rings. The Bertz CT molecular complexity index is 907. The van der Waals surface area contributed by atoms with E-state index in [2.05, 4.69) is 16.0 Å². The molecule has 2 aromatic carbocycles. The number of hydrogen-bond acceptors (Lipinski definition) is 3. The van der Waals surface area contributed by atoms with Gasteiger partial charge in [0.2, 0.25) is 5.91 Å². The minimum Gasteiger partial charge on any atom is -0.380 e. The first-order valence-corrected chi connectivity index (χ1v) is 9.59. The largest absolute Gasteiger partial charge is 0.380 e. The first-order chi connectivity index (χ1) is 13.2. The number of nitrogens with zero attached hydrogens (tertiary/aromatic N) is 2. The van der Waals surface area contributed by atoms with Gasteiger partial charge < -0.3 is 14.6 Å². The molecule has 3 aromatic rings. The molecule has 1 N–H and O–H groups in total. The van der Waals surface area contributed by atoms with E-state index >= 15 is 0 Å². The van der Waals surface area contributed by atoms with E-state index in [0.717, 1.165) is 29.0 Å². The molecule has 0 unspecified atom stereocenters. The normalized spacial score (nSPS) is 11.0. The maximum Gasteiger partial charge on any atom is 0.224 e. The van der Waals surface area contributed by atoms with Crippen LogP contribution in [-0.4, -0.2) is 35.2 Å². The quantitative estimate of drug-likeness (QED) is 0.572. The van der Waals surface area contributed by atoms with Gasteiger partial charge in [-0.1, -0.05) is 41.9 Å². The van der Waals surface area contributed by atoms with Gasteiger partial charge in [0.25, 0.3) is 0 Å². The third kappa shape index (κ3) is 5.08. The number of rotatable bonds is 9. The average Bonchev–Trinajstić information content (AvgIpc) is 3.01. The highest BCUT2D eigenvalue weighted by Gasteiger charge is 2.11. The highest BCUT2D eigenvalue weighted by Crippen LogP contribution is 2.17. The Morgan fingerprint density at radius 3 is 2.78 bits per heavy atom. The zero-order chi connectivity index (χ0) is 19.1. The Labute approximate surface area is 164 Å². The molecular formula is C21H24ClN3O2. The number of carbonyl (C=O) groups is 1. The molecule has 142 valence electrons. The van der Waals surface area contributed by atoms with Crippen LogP contribution >= 0.6 is 11.6 Å². The monoisotopic (exact) mass is 385 g/mol. The maximum absolute atomic E-state index is 12.2. The van der Waals surface area contributed by atoms with Gasteiger partial charge in [0.05, 0.1) is 24.1 Å². The molecule has 0 aliphatic heterocycles. The number of aromatic nitrogens is 2. The number of ether oxygens (including phenoxy) is 1. The number of hydrogen-bond donors (Lipinski definition) is 1. The SMILES string of the molecule is CCOCCn1c(CCNC(=O)Cc2ccccc2Cl)nc2ccccc21. The van der Waals surface area contributed by atoms with Gasteiger partial charge in [-0.25, -0.2) is 4.98 Å². The van der Waals surface area contributed by atoms with Crippen molar-refractivity contribution in [1.29, 1.82) is 0 Å². The van der Waals surface area contributed by atoms with Crippen LogP contribution in [0.5, 0.6) is 0 Å². The Morgan fingerprint density at radius 2 is 1.96 bits per heavy atom. The maximum atomic E-state index is 12.2. The van der Waals surface area contributed by atoms with Gasteiger partial charge in [-0.3, -0.25) is 4.79 Å². The molecule has 0 aliphatic carbocycles. The molecule has 0 spiro atoms. The van der Waals surface area contributed by atoms with Crippen molar-refractivity contribution in [2.45, 2.75) is 26.3 Å². The van der Waals surface area contributed by atoms with Gasteiger partial charge in [-0.15, -0.1) is 0 Å². The molecule has 1 amide bonds. The van der Waals surface area contributed by atoms with E-state index in [1.54, 1.807) is 6.07 Å². The van der Waals surface area contributed by atoms with E-state index in [4.69, 9.17) is 21.3 Å². The summed E-state index contributed by atoms with van der Waals surface area (Å²) >= 11 is 6.12. The van der Waals surface area contributed by atoms with Crippen LogP contribution in [0.2, 0.25) is 5.02 Å². The molecular weight excluding hydrogens is 362 g/mol. The third-order valence-corrected chi connectivity index (χ3v) is 4.75. The summed E-state index contributed by atoms with van der Waals surface area (Å²) in [6.07, 6.45) is 0.940. The van der Waals surface area contributed by atoms with Crippen molar-refractivity contribution in [1.82, 2.24) is 14.9 Å². The van der Waals surface area contributed by atoms with Crippen LogP contribution in [-0.2, 0) is 28.9 Å². The standard InChI is InChI=1S/C21H24ClN3O2/c1-2-27-14-13-25-19-10-6-5-9-18(19)24-20(25)11-12-23-21(26)15-16-7-3-4-8-17(16)22/h3-10H,2,11-15H2,1H3,(H,23,26). The molecule has 0 fully saturated rings. The first kappa shape index (κ1) is 19.4. The summed E-state index contributed by atoms with van der Waals surface area (Å²) in [4.78, 5) is 16.9. The Hall–Kier alpha value is -2.37. The van der Waals surface area contributed by atoms with E-state index in [1.165, 1.54) is 0 Å². The van der Waals surface area contributed by atoms with Gasteiger partial charge in [-0.2, -0.15) is 0 Å². The summed E-state index contributed by atoms with van der Waals surface area (Å²) in [5, 5.41) is 3.58. The molecule has 0 saturated carbocycles. The van der Waals surface area contributed by atoms with Gasteiger partial charge in [0.1, 0.15) is 5.82 Å².